The minimum Gasteiger partial charge on any atom is -0.493 e. The van der Waals surface area contributed by atoms with Crippen LogP contribution >= 0.6 is 0 Å². The topological polar surface area (TPSA) is 106 Å². The smallest absolute Gasteiger partial charge is 0.431 e. The van der Waals surface area contributed by atoms with Crippen molar-refractivity contribution in [2.75, 3.05) is 6.61 Å². The highest BCUT2D eigenvalue weighted by Crippen LogP contribution is 2.24. The molecule has 0 spiro atoms. The van der Waals surface area contributed by atoms with Crippen LogP contribution in [0.1, 0.15) is 50.3 Å². The number of nitrogens with zero attached hydrogens (tertiary/aromatic N) is 2. The highest BCUT2D eigenvalue weighted by Gasteiger charge is 2.24. The van der Waals surface area contributed by atoms with E-state index < -0.39 is 17.6 Å². The molecule has 1 aromatic rings. The van der Waals surface area contributed by atoms with Crippen molar-refractivity contribution in [3.8, 4) is 11.8 Å². The van der Waals surface area contributed by atoms with E-state index in [0.717, 1.165) is 11.1 Å². The van der Waals surface area contributed by atoms with Crippen LogP contribution in [0, 0.1) is 25.2 Å². The van der Waals surface area contributed by atoms with Crippen LogP contribution in [0.25, 0.3) is 0 Å². The molecule has 0 heterocycles. The Kier molecular flexibility index (Phi) is 6.95. The summed E-state index contributed by atoms with van der Waals surface area (Å²) in [7, 11) is 0. The summed E-state index contributed by atoms with van der Waals surface area (Å²) in [4.78, 5) is 23.6. The molecular weight excluding hydrogens is 322 g/mol. The summed E-state index contributed by atoms with van der Waals surface area (Å²) in [5.41, 5.74) is 1.57. The fraction of sp³-hybridized carbons (Fsp3) is 0.500. The molecule has 0 aliphatic rings. The molecule has 25 heavy (non-hydrogen) atoms. The molecule has 2 amide bonds. The Morgan fingerprint density at radius 2 is 1.80 bits per heavy atom. The van der Waals surface area contributed by atoms with E-state index in [1.165, 1.54) is 0 Å². The van der Waals surface area contributed by atoms with E-state index in [4.69, 9.17) is 20.6 Å². The summed E-state index contributed by atoms with van der Waals surface area (Å²) in [6.45, 7) is 9.09. The van der Waals surface area contributed by atoms with Gasteiger partial charge in [0, 0.05) is 6.42 Å². The first-order chi connectivity index (χ1) is 11.5. The standard InChI is InChI=1S/C18H25N3O4/c1-12-9-14(11-19)10-13(2)16(12)24-8-6-7-15(22)21(20)17(23)25-18(3,4)5/h9-10H,6-8,20H2,1-5H3. The van der Waals surface area contributed by atoms with Crippen LogP contribution in [-0.2, 0) is 9.53 Å². The molecule has 2 N–H and O–H groups in total. The third-order valence-corrected chi connectivity index (χ3v) is 3.23. The average molecular weight is 347 g/mol. The number of rotatable bonds is 5. The van der Waals surface area contributed by atoms with Gasteiger partial charge in [0.15, 0.2) is 0 Å². The first kappa shape index (κ1) is 20.5. The number of imide groups is 1. The maximum atomic E-state index is 11.9. The molecule has 0 radical (unpaired) electrons. The number of hydrogen-bond donors (Lipinski definition) is 1. The largest absolute Gasteiger partial charge is 0.493 e. The van der Waals surface area contributed by atoms with Crippen LogP contribution in [0.4, 0.5) is 4.79 Å². The number of carbonyl (C=O) groups excluding carboxylic acids is 2. The summed E-state index contributed by atoms with van der Waals surface area (Å²) in [6, 6.07) is 5.59. The van der Waals surface area contributed by atoms with Gasteiger partial charge in [-0.3, -0.25) is 4.79 Å². The van der Waals surface area contributed by atoms with Gasteiger partial charge in [0.25, 0.3) is 0 Å². The van der Waals surface area contributed by atoms with E-state index in [1.807, 2.05) is 13.8 Å². The highest BCUT2D eigenvalue weighted by molar-refractivity contribution is 5.91. The number of nitrogens with two attached hydrogens (primary N) is 1. The zero-order chi connectivity index (χ0) is 19.2. The maximum Gasteiger partial charge on any atom is 0.431 e. The molecule has 7 heteroatoms. The molecule has 0 atom stereocenters. The molecule has 136 valence electrons. The van der Waals surface area contributed by atoms with E-state index >= 15 is 0 Å². The van der Waals surface area contributed by atoms with E-state index in [1.54, 1.807) is 32.9 Å². The number of amides is 2. The molecule has 7 nitrogen and oxygen atoms in total. The van der Waals surface area contributed by atoms with Crippen LogP contribution in [0.2, 0.25) is 0 Å². The predicted molar refractivity (Wildman–Crippen MR) is 92.6 cm³/mol. The summed E-state index contributed by atoms with van der Waals surface area (Å²) in [5.74, 6) is 5.64. The lowest BCUT2D eigenvalue weighted by molar-refractivity contribution is -0.130. The average Bonchev–Trinajstić information content (AvgIpc) is 2.50. The zero-order valence-corrected chi connectivity index (χ0v) is 15.4. The van der Waals surface area contributed by atoms with Gasteiger partial charge in [-0.2, -0.15) is 10.3 Å². The van der Waals surface area contributed by atoms with Gasteiger partial charge in [0.2, 0.25) is 5.91 Å². The van der Waals surface area contributed by atoms with Crippen LogP contribution in [-0.4, -0.2) is 29.2 Å². The van der Waals surface area contributed by atoms with E-state index in [9.17, 15) is 9.59 Å². The molecule has 0 bridgehead atoms. The van der Waals surface area contributed by atoms with Crippen molar-refractivity contribution in [1.29, 1.82) is 5.26 Å². The zero-order valence-electron chi connectivity index (χ0n) is 15.4. The summed E-state index contributed by atoms with van der Waals surface area (Å²) >= 11 is 0. The van der Waals surface area contributed by atoms with Gasteiger partial charge in [-0.25, -0.2) is 10.6 Å². The number of benzene rings is 1. The van der Waals surface area contributed by atoms with Crippen molar-refractivity contribution in [2.45, 2.75) is 53.1 Å². The van der Waals surface area contributed by atoms with E-state index in [-0.39, 0.29) is 6.42 Å². The quantitative estimate of drug-likeness (QED) is 0.380. The van der Waals surface area contributed by atoms with Gasteiger partial charge < -0.3 is 9.47 Å². The van der Waals surface area contributed by atoms with Crippen molar-refractivity contribution in [3.05, 3.63) is 28.8 Å². The number of aryl methyl sites for hydroxylation is 2. The van der Waals surface area contributed by atoms with Gasteiger partial charge in [-0.05, 0) is 64.3 Å². The fourth-order valence-electron chi connectivity index (χ4n) is 2.17. The second kappa shape index (κ2) is 8.49. The van der Waals surface area contributed by atoms with Gasteiger partial charge in [-0.15, -0.1) is 0 Å². The van der Waals surface area contributed by atoms with Crippen LogP contribution in [0.15, 0.2) is 12.1 Å². The molecule has 1 rings (SSSR count). The third kappa shape index (κ3) is 6.43. The number of carbonyl (C=O) groups is 2. The number of hydrogen-bond acceptors (Lipinski definition) is 6. The van der Waals surface area contributed by atoms with Crippen molar-refractivity contribution < 1.29 is 19.1 Å². The van der Waals surface area contributed by atoms with E-state index in [0.29, 0.717) is 29.3 Å². The Hall–Kier alpha value is -2.59. The molecule has 0 saturated heterocycles. The monoisotopic (exact) mass is 347 g/mol. The SMILES string of the molecule is Cc1cc(C#N)cc(C)c1OCCCC(=O)N(N)C(=O)OC(C)(C)C. The minimum absolute atomic E-state index is 0.0596. The van der Waals surface area contributed by atoms with Crippen molar-refractivity contribution in [1.82, 2.24) is 5.01 Å². The predicted octanol–water partition coefficient (Wildman–Crippen LogP) is 2.97. The molecule has 0 fully saturated rings. The van der Waals surface area contributed by atoms with Crippen LogP contribution < -0.4 is 10.6 Å². The van der Waals surface area contributed by atoms with Crippen molar-refractivity contribution >= 4 is 12.0 Å². The Morgan fingerprint density at radius 1 is 1.24 bits per heavy atom. The Morgan fingerprint density at radius 3 is 2.28 bits per heavy atom. The molecule has 0 aliphatic heterocycles. The first-order valence-corrected chi connectivity index (χ1v) is 8.00. The van der Waals surface area contributed by atoms with Gasteiger partial charge in [-0.1, -0.05) is 0 Å². The summed E-state index contributed by atoms with van der Waals surface area (Å²) < 4.78 is 10.7. The molecular formula is C18H25N3O4. The lowest BCUT2D eigenvalue weighted by atomic mass is 10.1. The van der Waals surface area contributed by atoms with Crippen LogP contribution in [0.3, 0.4) is 0 Å². The Bertz CT molecular complexity index is 664. The number of ether oxygens (including phenoxy) is 2. The fourth-order valence-corrected chi connectivity index (χ4v) is 2.17. The lowest BCUT2D eigenvalue weighted by Gasteiger charge is -2.23. The third-order valence-electron chi connectivity index (χ3n) is 3.23. The van der Waals surface area contributed by atoms with Gasteiger partial charge >= 0.3 is 6.09 Å². The second-order valence-electron chi connectivity index (χ2n) is 6.75. The Balaban J connectivity index is 2.50. The normalized spacial score (nSPS) is 10.8. The maximum absolute atomic E-state index is 11.9. The second-order valence-corrected chi connectivity index (χ2v) is 6.75. The summed E-state index contributed by atoms with van der Waals surface area (Å²) in [5, 5.41) is 9.43. The van der Waals surface area contributed by atoms with Crippen molar-refractivity contribution in [3.63, 3.8) is 0 Å². The van der Waals surface area contributed by atoms with Crippen LogP contribution in [0.5, 0.6) is 5.75 Å². The molecule has 0 saturated carbocycles. The van der Waals surface area contributed by atoms with Gasteiger partial charge in [0.1, 0.15) is 11.4 Å². The summed E-state index contributed by atoms with van der Waals surface area (Å²) in [6.07, 6.45) is -0.421. The van der Waals surface area contributed by atoms with E-state index in [2.05, 4.69) is 6.07 Å². The Labute approximate surface area is 148 Å². The van der Waals surface area contributed by atoms with Crippen molar-refractivity contribution in [2.24, 2.45) is 5.84 Å². The molecule has 0 aliphatic carbocycles. The molecule has 0 unspecified atom stereocenters. The van der Waals surface area contributed by atoms with Gasteiger partial charge in [0.05, 0.1) is 18.2 Å². The lowest BCUT2D eigenvalue weighted by Crippen LogP contribution is -2.45. The first-order valence-electron chi connectivity index (χ1n) is 8.00. The highest BCUT2D eigenvalue weighted by atomic mass is 16.6. The minimum atomic E-state index is -0.878. The number of nitriles is 1. The molecule has 0 aromatic heterocycles. The molecule has 1 aromatic carbocycles. The number of hydrazine groups is 1.